The zero-order valence-electron chi connectivity index (χ0n) is 8.12. The van der Waals surface area contributed by atoms with Gasteiger partial charge in [-0.15, -0.1) is 11.3 Å². The third-order valence-electron chi connectivity index (χ3n) is 2.45. The second kappa shape index (κ2) is 4.31. The van der Waals surface area contributed by atoms with Crippen LogP contribution >= 0.6 is 22.9 Å². The van der Waals surface area contributed by atoms with Crippen molar-refractivity contribution in [3.63, 3.8) is 0 Å². The highest BCUT2D eigenvalue weighted by molar-refractivity contribution is 7.10. The Morgan fingerprint density at radius 3 is 2.79 bits per heavy atom. The van der Waals surface area contributed by atoms with Gasteiger partial charge in [-0.2, -0.15) is 5.26 Å². The second-order valence-electron chi connectivity index (χ2n) is 3.45. The maximum absolute atomic E-state index is 9.98. The van der Waals surface area contributed by atoms with Gasteiger partial charge in [-0.3, -0.25) is 0 Å². The van der Waals surface area contributed by atoms with Crippen LogP contribution < -0.4 is 0 Å². The summed E-state index contributed by atoms with van der Waals surface area (Å²) in [5, 5.41) is 21.3. The lowest BCUT2D eigenvalue weighted by Crippen LogP contribution is -2.22. The Morgan fingerprint density at radius 2 is 2.43 bits per heavy atom. The Labute approximate surface area is 92.8 Å². The Balaban J connectivity index is 2.95. The fourth-order valence-electron chi connectivity index (χ4n) is 1.12. The molecule has 0 saturated heterocycles. The van der Waals surface area contributed by atoms with Crippen LogP contribution in [0.4, 0.5) is 0 Å². The molecule has 4 heteroatoms. The van der Waals surface area contributed by atoms with Crippen molar-refractivity contribution < 1.29 is 5.11 Å². The smallest absolute Gasteiger partial charge is 0.106 e. The van der Waals surface area contributed by atoms with Crippen LogP contribution in [0.5, 0.6) is 0 Å². The summed E-state index contributed by atoms with van der Waals surface area (Å²) in [5.41, 5.74) is -0.728. The molecular formula is C10H12ClNOS. The van der Waals surface area contributed by atoms with Gasteiger partial charge in [-0.05, 0) is 19.4 Å². The molecule has 0 aromatic carbocycles. The van der Waals surface area contributed by atoms with Crippen LogP contribution in [-0.4, -0.2) is 5.11 Å². The topological polar surface area (TPSA) is 44.0 Å². The van der Waals surface area contributed by atoms with Crippen LogP contribution in [0.2, 0.25) is 5.02 Å². The number of nitrogens with zero attached hydrogens (tertiary/aromatic N) is 1. The summed E-state index contributed by atoms with van der Waals surface area (Å²) >= 11 is 7.14. The van der Waals surface area contributed by atoms with Crippen LogP contribution in [0.15, 0.2) is 11.4 Å². The van der Waals surface area contributed by atoms with Crippen LogP contribution in [0, 0.1) is 16.7 Å². The third-order valence-corrected chi connectivity index (χ3v) is 3.78. The zero-order valence-corrected chi connectivity index (χ0v) is 9.69. The molecule has 0 bridgehead atoms. The van der Waals surface area contributed by atoms with Gasteiger partial charge in [0.15, 0.2) is 0 Å². The predicted molar refractivity (Wildman–Crippen MR) is 58.3 cm³/mol. The number of aliphatic hydroxyl groups is 1. The highest BCUT2D eigenvalue weighted by Crippen LogP contribution is 2.39. The van der Waals surface area contributed by atoms with Crippen LogP contribution in [-0.2, 0) is 0 Å². The standard InChI is InChI=1S/C10H12ClNOS/c1-3-10(2,6-12)9(13)8-4-7(11)5-14-8/h4-5,9,13H,3H2,1-2H3. The zero-order chi connectivity index (χ0) is 10.8. The first-order valence-corrected chi connectivity index (χ1v) is 5.62. The molecule has 2 atom stereocenters. The van der Waals surface area contributed by atoms with E-state index in [9.17, 15) is 5.11 Å². The van der Waals surface area contributed by atoms with Gasteiger partial charge in [0, 0.05) is 10.3 Å². The Bertz CT molecular complexity index is 357. The summed E-state index contributed by atoms with van der Waals surface area (Å²) in [4.78, 5) is 0.751. The summed E-state index contributed by atoms with van der Waals surface area (Å²) in [6.45, 7) is 3.65. The van der Waals surface area contributed by atoms with E-state index in [1.54, 1.807) is 18.4 Å². The molecule has 0 aliphatic carbocycles. The minimum atomic E-state index is -0.755. The number of halogens is 1. The van der Waals surface area contributed by atoms with E-state index < -0.39 is 11.5 Å². The van der Waals surface area contributed by atoms with Crippen LogP contribution in [0.3, 0.4) is 0 Å². The average Bonchev–Trinajstić information content (AvgIpc) is 2.62. The maximum Gasteiger partial charge on any atom is 0.106 e. The molecule has 0 amide bonds. The number of rotatable bonds is 3. The van der Waals surface area contributed by atoms with Crippen LogP contribution in [0.25, 0.3) is 0 Å². The van der Waals surface area contributed by atoms with Gasteiger partial charge in [-0.25, -0.2) is 0 Å². The van der Waals surface area contributed by atoms with Crippen molar-refractivity contribution in [2.75, 3.05) is 0 Å². The Hall–Kier alpha value is -0.560. The molecule has 0 saturated carbocycles. The first kappa shape index (κ1) is 11.5. The van der Waals surface area contributed by atoms with Gasteiger partial charge in [-0.1, -0.05) is 18.5 Å². The highest BCUT2D eigenvalue weighted by atomic mass is 35.5. The van der Waals surface area contributed by atoms with Crippen molar-refractivity contribution >= 4 is 22.9 Å². The molecular weight excluding hydrogens is 218 g/mol. The maximum atomic E-state index is 9.98. The minimum Gasteiger partial charge on any atom is -0.386 e. The lowest BCUT2D eigenvalue weighted by Gasteiger charge is -2.24. The number of hydrogen-bond acceptors (Lipinski definition) is 3. The molecule has 1 heterocycles. The molecule has 2 unspecified atom stereocenters. The molecule has 14 heavy (non-hydrogen) atoms. The number of aliphatic hydroxyl groups excluding tert-OH is 1. The van der Waals surface area contributed by atoms with Gasteiger partial charge in [0.1, 0.15) is 6.10 Å². The number of hydrogen-bond donors (Lipinski definition) is 1. The average molecular weight is 230 g/mol. The number of nitriles is 1. The monoisotopic (exact) mass is 229 g/mol. The lowest BCUT2D eigenvalue weighted by atomic mass is 9.82. The predicted octanol–water partition coefficient (Wildman–Crippen LogP) is 3.37. The summed E-state index contributed by atoms with van der Waals surface area (Å²) < 4.78 is 0. The van der Waals surface area contributed by atoms with Crippen molar-refractivity contribution in [2.45, 2.75) is 26.4 Å². The molecule has 1 rings (SSSR count). The molecule has 1 N–H and O–H groups in total. The molecule has 1 aromatic rings. The highest BCUT2D eigenvalue weighted by Gasteiger charge is 2.33. The molecule has 0 aliphatic rings. The van der Waals surface area contributed by atoms with Crippen molar-refractivity contribution in [3.05, 3.63) is 21.3 Å². The molecule has 0 radical (unpaired) electrons. The lowest BCUT2D eigenvalue weighted by molar-refractivity contribution is 0.0754. The molecule has 0 spiro atoms. The molecule has 0 fully saturated rings. The fourth-order valence-corrected chi connectivity index (χ4v) is 2.34. The Morgan fingerprint density at radius 1 is 1.79 bits per heavy atom. The van der Waals surface area contributed by atoms with Crippen molar-refractivity contribution in [1.82, 2.24) is 0 Å². The summed E-state index contributed by atoms with van der Waals surface area (Å²) in [6, 6.07) is 3.86. The molecule has 0 aliphatic heterocycles. The van der Waals surface area contributed by atoms with Gasteiger partial charge >= 0.3 is 0 Å². The van der Waals surface area contributed by atoms with E-state index in [1.165, 1.54) is 11.3 Å². The van der Waals surface area contributed by atoms with E-state index in [0.29, 0.717) is 11.4 Å². The molecule has 76 valence electrons. The minimum absolute atomic E-state index is 0.611. The molecule has 2 nitrogen and oxygen atoms in total. The number of thiophene rings is 1. The van der Waals surface area contributed by atoms with Crippen molar-refractivity contribution in [1.29, 1.82) is 5.26 Å². The van der Waals surface area contributed by atoms with Crippen LogP contribution in [0.1, 0.15) is 31.2 Å². The Kier molecular flexibility index (Phi) is 3.54. The van der Waals surface area contributed by atoms with E-state index in [0.717, 1.165) is 4.88 Å². The normalized spacial score (nSPS) is 17.1. The molecule has 1 aromatic heterocycles. The third kappa shape index (κ3) is 2.09. The van der Waals surface area contributed by atoms with Gasteiger partial charge in [0.25, 0.3) is 0 Å². The quantitative estimate of drug-likeness (QED) is 0.864. The summed E-state index contributed by atoms with van der Waals surface area (Å²) in [6.07, 6.45) is -0.143. The van der Waals surface area contributed by atoms with E-state index >= 15 is 0 Å². The largest absolute Gasteiger partial charge is 0.386 e. The second-order valence-corrected chi connectivity index (χ2v) is 4.83. The fraction of sp³-hybridized carbons (Fsp3) is 0.500. The first-order valence-electron chi connectivity index (χ1n) is 4.36. The van der Waals surface area contributed by atoms with Gasteiger partial charge in [0.2, 0.25) is 0 Å². The first-order chi connectivity index (χ1) is 6.53. The van der Waals surface area contributed by atoms with Gasteiger partial charge < -0.3 is 5.11 Å². The van der Waals surface area contributed by atoms with E-state index in [2.05, 4.69) is 6.07 Å². The summed E-state index contributed by atoms with van der Waals surface area (Å²) in [7, 11) is 0. The SMILES string of the molecule is CCC(C)(C#N)C(O)c1cc(Cl)cs1. The van der Waals surface area contributed by atoms with Gasteiger partial charge in [0.05, 0.1) is 16.5 Å². The summed E-state index contributed by atoms with van der Waals surface area (Å²) in [5.74, 6) is 0. The van der Waals surface area contributed by atoms with E-state index in [-0.39, 0.29) is 0 Å². The van der Waals surface area contributed by atoms with E-state index in [1.807, 2.05) is 6.92 Å². The van der Waals surface area contributed by atoms with Crippen molar-refractivity contribution in [2.24, 2.45) is 5.41 Å². The van der Waals surface area contributed by atoms with Crippen molar-refractivity contribution in [3.8, 4) is 6.07 Å². The van der Waals surface area contributed by atoms with E-state index in [4.69, 9.17) is 16.9 Å².